The minimum Gasteiger partial charge on any atom is -0.318 e. The molecule has 0 unspecified atom stereocenters. The minimum atomic E-state index is -0.536. The van der Waals surface area contributed by atoms with Crippen LogP contribution < -0.4 is 5.32 Å². The van der Waals surface area contributed by atoms with Gasteiger partial charge >= 0.3 is 0 Å². The van der Waals surface area contributed by atoms with Gasteiger partial charge in [-0.3, -0.25) is 9.59 Å². The predicted molar refractivity (Wildman–Crippen MR) is 59.0 cm³/mol. The third kappa shape index (κ3) is 2.89. The van der Waals surface area contributed by atoms with Crippen molar-refractivity contribution in [3.05, 3.63) is 29.8 Å². The maximum Gasteiger partial charge on any atom is 0.296 e. The predicted octanol–water partition coefficient (Wildman–Crippen LogP) is 0.999. The van der Waals surface area contributed by atoms with Crippen molar-refractivity contribution in [2.75, 3.05) is 26.5 Å². The standard InChI is InChI=1S/C8H5NO2.C3H9N/c10-7-5-3-1-2-4-6(5)9-8(7)11;1-4(2)3/h1-4H,(H,9,10,11);1-3H3. The van der Waals surface area contributed by atoms with Crippen molar-refractivity contribution in [3.8, 4) is 0 Å². The summed E-state index contributed by atoms with van der Waals surface area (Å²) in [5.74, 6) is -0.980. The summed E-state index contributed by atoms with van der Waals surface area (Å²) in [7, 11) is 6.00. The van der Waals surface area contributed by atoms with Gasteiger partial charge < -0.3 is 10.2 Å². The van der Waals surface area contributed by atoms with E-state index in [4.69, 9.17) is 0 Å². The number of benzene rings is 1. The van der Waals surface area contributed by atoms with Gasteiger partial charge in [-0.15, -0.1) is 0 Å². The summed E-state index contributed by atoms with van der Waals surface area (Å²) in [6, 6.07) is 6.85. The summed E-state index contributed by atoms with van der Waals surface area (Å²) in [4.78, 5) is 23.8. The maximum atomic E-state index is 11.0. The fourth-order valence-corrected chi connectivity index (χ4v) is 1.09. The van der Waals surface area contributed by atoms with Crippen LogP contribution in [0.25, 0.3) is 0 Å². The molecule has 15 heavy (non-hydrogen) atoms. The molecule has 0 radical (unpaired) electrons. The Morgan fingerprint density at radius 3 is 2.13 bits per heavy atom. The summed E-state index contributed by atoms with van der Waals surface area (Å²) in [6.07, 6.45) is 0. The van der Waals surface area contributed by atoms with Gasteiger partial charge in [0.05, 0.1) is 11.3 Å². The molecule has 1 aromatic carbocycles. The highest BCUT2D eigenvalue weighted by Crippen LogP contribution is 2.21. The van der Waals surface area contributed by atoms with Crippen LogP contribution in [0.2, 0.25) is 0 Å². The van der Waals surface area contributed by atoms with Gasteiger partial charge in [-0.1, -0.05) is 12.1 Å². The Labute approximate surface area is 88.9 Å². The molecule has 0 aliphatic carbocycles. The summed E-state index contributed by atoms with van der Waals surface area (Å²) < 4.78 is 0. The Morgan fingerprint density at radius 1 is 1.07 bits per heavy atom. The first kappa shape index (κ1) is 11.4. The number of fused-ring (bicyclic) bond motifs is 1. The van der Waals surface area contributed by atoms with Crippen molar-refractivity contribution < 1.29 is 9.59 Å². The highest BCUT2D eigenvalue weighted by Gasteiger charge is 2.26. The van der Waals surface area contributed by atoms with E-state index >= 15 is 0 Å². The van der Waals surface area contributed by atoms with Gasteiger partial charge in [0.2, 0.25) is 0 Å². The lowest BCUT2D eigenvalue weighted by molar-refractivity contribution is -0.112. The third-order valence-electron chi connectivity index (χ3n) is 1.63. The normalized spacial score (nSPS) is 13.1. The van der Waals surface area contributed by atoms with Crippen molar-refractivity contribution in [3.63, 3.8) is 0 Å². The first-order chi connectivity index (χ1) is 7.02. The molecule has 1 amide bonds. The van der Waals surface area contributed by atoms with Crippen LogP contribution in [-0.4, -0.2) is 37.7 Å². The number of Topliss-reactive ketones (excluding diaryl/α,β-unsaturated/α-hetero) is 1. The molecule has 0 atom stereocenters. The second-order valence-electron chi connectivity index (χ2n) is 3.67. The Morgan fingerprint density at radius 2 is 1.60 bits per heavy atom. The Bertz CT molecular complexity index is 383. The number of carbonyl (C=O) groups excluding carboxylic acids is 2. The first-order valence-corrected chi connectivity index (χ1v) is 4.58. The van der Waals surface area contributed by atoms with Crippen LogP contribution in [0, 0.1) is 0 Å². The van der Waals surface area contributed by atoms with Crippen molar-refractivity contribution >= 4 is 17.4 Å². The van der Waals surface area contributed by atoms with E-state index in [1.54, 1.807) is 24.3 Å². The van der Waals surface area contributed by atoms with E-state index in [-0.39, 0.29) is 0 Å². The Hall–Kier alpha value is -1.68. The average Bonchev–Trinajstić information content (AvgIpc) is 2.43. The number of nitrogens with zero attached hydrogens (tertiary/aromatic N) is 1. The molecule has 2 rings (SSSR count). The summed E-state index contributed by atoms with van der Waals surface area (Å²) in [5.41, 5.74) is 1.08. The van der Waals surface area contributed by atoms with E-state index in [1.807, 2.05) is 26.0 Å². The lowest BCUT2D eigenvalue weighted by Gasteiger charge is -1.91. The zero-order chi connectivity index (χ0) is 11.4. The molecule has 0 bridgehead atoms. The molecule has 1 aliphatic rings. The smallest absolute Gasteiger partial charge is 0.296 e. The van der Waals surface area contributed by atoms with Crippen molar-refractivity contribution in [1.29, 1.82) is 0 Å². The molecule has 4 nitrogen and oxygen atoms in total. The lowest BCUT2D eigenvalue weighted by Crippen LogP contribution is -2.12. The van der Waals surface area contributed by atoms with Gasteiger partial charge in [0.25, 0.3) is 11.7 Å². The molecule has 0 fully saturated rings. The van der Waals surface area contributed by atoms with Gasteiger partial charge in [0.15, 0.2) is 0 Å². The molecule has 0 saturated heterocycles. The van der Waals surface area contributed by atoms with E-state index < -0.39 is 11.7 Å². The highest BCUT2D eigenvalue weighted by molar-refractivity contribution is 6.51. The van der Waals surface area contributed by atoms with Crippen molar-refractivity contribution in [1.82, 2.24) is 4.90 Å². The number of ketones is 1. The number of anilines is 1. The second-order valence-corrected chi connectivity index (χ2v) is 3.67. The van der Waals surface area contributed by atoms with Crippen LogP contribution >= 0.6 is 0 Å². The first-order valence-electron chi connectivity index (χ1n) is 4.58. The molecule has 0 spiro atoms. The number of rotatable bonds is 0. The second kappa shape index (κ2) is 4.70. The Kier molecular flexibility index (Phi) is 3.57. The van der Waals surface area contributed by atoms with Crippen LogP contribution in [0.1, 0.15) is 10.4 Å². The van der Waals surface area contributed by atoms with E-state index in [0.717, 1.165) is 0 Å². The van der Waals surface area contributed by atoms with Crippen LogP contribution in [0.15, 0.2) is 24.3 Å². The highest BCUT2D eigenvalue weighted by atomic mass is 16.2. The SMILES string of the molecule is CN(C)C.O=C1Nc2ccccc2C1=O. The zero-order valence-electron chi connectivity index (χ0n) is 9.07. The fraction of sp³-hybridized carbons (Fsp3) is 0.273. The number of nitrogens with one attached hydrogen (secondary N) is 1. The molecule has 4 heteroatoms. The monoisotopic (exact) mass is 206 g/mol. The van der Waals surface area contributed by atoms with Crippen molar-refractivity contribution in [2.45, 2.75) is 0 Å². The van der Waals surface area contributed by atoms with Gasteiger partial charge in [-0.05, 0) is 33.3 Å². The van der Waals surface area contributed by atoms with Crippen LogP contribution in [0.3, 0.4) is 0 Å². The van der Waals surface area contributed by atoms with Gasteiger partial charge in [-0.25, -0.2) is 0 Å². The molecule has 1 N–H and O–H groups in total. The van der Waals surface area contributed by atoms with Crippen molar-refractivity contribution in [2.24, 2.45) is 0 Å². The molecule has 80 valence electrons. The number of carbonyl (C=O) groups is 2. The van der Waals surface area contributed by atoms with Crippen LogP contribution in [-0.2, 0) is 4.79 Å². The lowest BCUT2D eigenvalue weighted by atomic mass is 10.1. The van der Waals surface area contributed by atoms with Gasteiger partial charge in [0, 0.05) is 0 Å². The fourth-order valence-electron chi connectivity index (χ4n) is 1.09. The summed E-state index contributed by atoms with van der Waals surface area (Å²) in [6.45, 7) is 0. The maximum absolute atomic E-state index is 11.0. The average molecular weight is 206 g/mol. The van der Waals surface area contributed by atoms with E-state index in [9.17, 15) is 9.59 Å². The molecule has 0 aromatic heterocycles. The number of hydrogen-bond donors (Lipinski definition) is 1. The summed E-state index contributed by atoms with van der Waals surface area (Å²) in [5, 5.41) is 2.46. The molecular weight excluding hydrogens is 192 g/mol. The Balaban J connectivity index is 0.000000245. The molecule has 1 aromatic rings. The third-order valence-corrected chi connectivity index (χ3v) is 1.63. The van der Waals surface area contributed by atoms with Crippen LogP contribution in [0.5, 0.6) is 0 Å². The number of para-hydroxylation sites is 1. The van der Waals surface area contributed by atoms with E-state index in [2.05, 4.69) is 5.32 Å². The van der Waals surface area contributed by atoms with Gasteiger partial charge in [0.1, 0.15) is 0 Å². The number of amides is 1. The van der Waals surface area contributed by atoms with E-state index in [0.29, 0.717) is 11.3 Å². The molecule has 1 aliphatic heterocycles. The topological polar surface area (TPSA) is 49.4 Å². The number of hydrogen-bond acceptors (Lipinski definition) is 3. The van der Waals surface area contributed by atoms with Crippen LogP contribution in [0.4, 0.5) is 5.69 Å². The minimum absolute atomic E-state index is 0.444. The van der Waals surface area contributed by atoms with E-state index in [1.165, 1.54) is 0 Å². The molecule has 0 saturated carbocycles. The quantitative estimate of drug-likeness (QED) is 0.644. The largest absolute Gasteiger partial charge is 0.318 e. The summed E-state index contributed by atoms with van der Waals surface area (Å²) >= 11 is 0. The molecule has 1 heterocycles. The van der Waals surface area contributed by atoms with Gasteiger partial charge in [-0.2, -0.15) is 0 Å². The molecular formula is C11H14N2O2. The zero-order valence-corrected chi connectivity index (χ0v) is 9.07.